The summed E-state index contributed by atoms with van der Waals surface area (Å²) in [5, 5.41) is 4.04. The molecule has 3 rings (SSSR count). The van der Waals surface area contributed by atoms with E-state index in [-0.39, 0.29) is 11.2 Å². The van der Waals surface area contributed by atoms with Crippen molar-refractivity contribution in [3.8, 4) is 5.69 Å². The van der Waals surface area contributed by atoms with Crippen LogP contribution in [-0.4, -0.2) is 20.7 Å². The third-order valence-electron chi connectivity index (χ3n) is 3.98. The van der Waals surface area contributed by atoms with E-state index in [0.29, 0.717) is 5.02 Å². The molecular formula is C20H20ClN3OS. The lowest BCUT2D eigenvalue weighted by Crippen LogP contribution is -2.22. The van der Waals surface area contributed by atoms with Crippen molar-refractivity contribution < 1.29 is 4.79 Å². The Morgan fingerprint density at radius 1 is 1.19 bits per heavy atom. The standard InChI is InChI=1S/C20H20ClN3OS/c1-13-4-9-18(14(2)12-13)24-11-10-22-20(24)26-15(3)19(25)23-17-7-5-16(21)6-8-17/h4-12,15H,1-3H3,(H,23,25). The monoisotopic (exact) mass is 385 g/mol. The first-order valence-electron chi connectivity index (χ1n) is 8.28. The fourth-order valence-corrected chi connectivity index (χ4v) is 3.63. The van der Waals surface area contributed by atoms with Crippen molar-refractivity contribution in [1.82, 2.24) is 9.55 Å². The molecule has 1 heterocycles. The van der Waals surface area contributed by atoms with Crippen LogP contribution in [0.3, 0.4) is 0 Å². The van der Waals surface area contributed by atoms with E-state index >= 15 is 0 Å². The highest BCUT2D eigenvalue weighted by Gasteiger charge is 2.18. The van der Waals surface area contributed by atoms with E-state index in [1.54, 1.807) is 30.5 Å². The number of rotatable bonds is 5. The number of thioether (sulfide) groups is 1. The number of hydrogen-bond donors (Lipinski definition) is 1. The largest absolute Gasteiger partial charge is 0.325 e. The van der Waals surface area contributed by atoms with Crippen molar-refractivity contribution in [2.45, 2.75) is 31.2 Å². The Labute approximate surface area is 162 Å². The van der Waals surface area contributed by atoms with Crippen LogP contribution in [0.15, 0.2) is 60.0 Å². The van der Waals surface area contributed by atoms with Gasteiger partial charge in [0, 0.05) is 23.1 Å². The zero-order chi connectivity index (χ0) is 18.7. The predicted octanol–water partition coefficient (Wildman–Crippen LogP) is 5.26. The number of hydrogen-bond acceptors (Lipinski definition) is 3. The van der Waals surface area contributed by atoms with Crippen molar-refractivity contribution >= 4 is 35.0 Å². The zero-order valence-corrected chi connectivity index (χ0v) is 16.4. The maximum Gasteiger partial charge on any atom is 0.237 e. The summed E-state index contributed by atoms with van der Waals surface area (Å²) in [5.41, 5.74) is 4.19. The molecule has 0 aliphatic carbocycles. The number of aryl methyl sites for hydroxylation is 2. The molecule has 0 spiro atoms. The van der Waals surface area contributed by atoms with Crippen molar-refractivity contribution in [1.29, 1.82) is 0 Å². The van der Waals surface area contributed by atoms with E-state index < -0.39 is 0 Å². The van der Waals surface area contributed by atoms with Crippen LogP contribution in [0, 0.1) is 13.8 Å². The molecule has 26 heavy (non-hydrogen) atoms. The molecule has 1 amide bonds. The van der Waals surface area contributed by atoms with Crippen molar-refractivity contribution in [2.75, 3.05) is 5.32 Å². The number of carbonyl (C=O) groups is 1. The summed E-state index contributed by atoms with van der Waals surface area (Å²) in [5.74, 6) is -0.0764. The van der Waals surface area contributed by atoms with Gasteiger partial charge in [-0.3, -0.25) is 9.36 Å². The van der Waals surface area contributed by atoms with Gasteiger partial charge in [-0.2, -0.15) is 0 Å². The lowest BCUT2D eigenvalue weighted by atomic mass is 10.1. The van der Waals surface area contributed by atoms with Crippen LogP contribution in [0.2, 0.25) is 5.02 Å². The van der Waals surface area contributed by atoms with Crippen LogP contribution in [0.5, 0.6) is 0 Å². The Morgan fingerprint density at radius 3 is 2.62 bits per heavy atom. The van der Waals surface area contributed by atoms with Gasteiger partial charge in [-0.05, 0) is 56.7 Å². The molecule has 0 aliphatic heterocycles. The Kier molecular flexibility index (Phi) is 5.69. The van der Waals surface area contributed by atoms with Crippen LogP contribution in [0.25, 0.3) is 5.69 Å². The summed E-state index contributed by atoms with van der Waals surface area (Å²) >= 11 is 7.30. The molecule has 0 aliphatic rings. The first kappa shape index (κ1) is 18.5. The van der Waals surface area contributed by atoms with Gasteiger partial charge in [0.1, 0.15) is 0 Å². The van der Waals surface area contributed by atoms with Gasteiger partial charge >= 0.3 is 0 Å². The van der Waals surface area contributed by atoms with Crippen LogP contribution >= 0.6 is 23.4 Å². The van der Waals surface area contributed by atoms with Gasteiger partial charge in [-0.1, -0.05) is 41.1 Å². The van der Waals surface area contributed by atoms with E-state index in [1.807, 2.05) is 17.7 Å². The normalized spacial score (nSPS) is 12.0. The van der Waals surface area contributed by atoms with Gasteiger partial charge in [0.2, 0.25) is 5.91 Å². The third-order valence-corrected chi connectivity index (χ3v) is 5.31. The van der Waals surface area contributed by atoms with E-state index in [2.05, 4.69) is 42.3 Å². The molecular weight excluding hydrogens is 366 g/mol. The highest BCUT2D eigenvalue weighted by molar-refractivity contribution is 8.00. The van der Waals surface area contributed by atoms with Crippen molar-refractivity contribution in [3.63, 3.8) is 0 Å². The van der Waals surface area contributed by atoms with Gasteiger partial charge in [0.15, 0.2) is 5.16 Å². The molecule has 3 aromatic rings. The highest BCUT2D eigenvalue weighted by atomic mass is 35.5. The maximum atomic E-state index is 12.5. The summed E-state index contributed by atoms with van der Waals surface area (Å²) in [7, 11) is 0. The number of nitrogens with one attached hydrogen (secondary N) is 1. The number of imidazole rings is 1. The average molecular weight is 386 g/mol. The second-order valence-electron chi connectivity index (χ2n) is 6.13. The molecule has 0 bridgehead atoms. The number of amides is 1. The molecule has 0 saturated carbocycles. The molecule has 134 valence electrons. The third kappa shape index (κ3) is 4.29. The molecule has 6 heteroatoms. The topological polar surface area (TPSA) is 46.9 Å². The van der Waals surface area contributed by atoms with Gasteiger partial charge in [0.25, 0.3) is 0 Å². The zero-order valence-electron chi connectivity index (χ0n) is 14.9. The highest BCUT2D eigenvalue weighted by Crippen LogP contribution is 2.27. The van der Waals surface area contributed by atoms with E-state index in [4.69, 9.17) is 11.6 Å². The minimum atomic E-state index is -0.294. The number of benzene rings is 2. The predicted molar refractivity (Wildman–Crippen MR) is 108 cm³/mol. The molecule has 0 radical (unpaired) electrons. The van der Waals surface area contributed by atoms with E-state index in [9.17, 15) is 4.79 Å². The first-order valence-corrected chi connectivity index (χ1v) is 9.54. The van der Waals surface area contributed by atoms with Gasteiger partial charge in [-0.25, -0.2) is 4.98 Å². The molecule has 2 aromatic carbocycles. The second-order valence-corrected chi connectivity index (χ2v) is 7.87. The average Bonchev–Trinajstić information content (AvgIpc) is 3.04. The fourth-order valence-electron chi connectivity index (χ4n) is 2.62. The number of halogens is 1. The molecule has 0 saturated heterocycles. The number of aromatic nitrogens is 2. The molecule has 4 nitrogen and oxygen atoms in total. The van der Waals surface area contributed by atoms with E-state index in [0.717, 1.165) is 16.5 Å². The quantitative estimate of drug-likeness (QED) is 0.609. The summed E-state index contributed by atoms with van der Waals surface area (Å²) in [6.45, 7) is 6.02. The SMILES string of the molecule is Cc1ccc(-n2ccnc2SC(C)C(=O)Nc2ccc(Cl)cc2)c(C)c1. The Balaban J connectivity index is 1.74. The molecule has 1 atom stereocenters. The number of nitrogens with zero attached hydrogens (tertiary/aromatic N) is 2. The van der Waals surface area contributed by atoms with Crippen LogP contribution < -0.4 is 5.32 Å². The van der Waals surface area contributed by atoms with Crippen LogP contribution in [0.4, 0.5) is 5.69 Å². The summed E-state index contributed by atoms with van der Waals surface area (Å²) in [6.07, 6.45) is 3.68. The lowest BCUT2D eigenvalue weighted by Gasteiger charge is -2.14. The van der Waals surface area contributed by atoms with Gasteiger partial charge < -0.3 is 5.32 Å². The van der Waals surface area contributed by atoms with Crippen LogP contribution in [-0.2, 0) is 4.79 Å². The summed E-state index contributed by atoms with van der Waals surface area (Å²) < 4.78 is 2.02. The maximum absolute atomic E-state index is 12.5. The van der Waals surface area contributed by atoms with Crippen molar-refractivity contribution in [3.05, 3.63) is 71.0 Å². The van der Waals surface area contributed by atoms with Crippen molar-refractivity contribution in [2.24, 2.45) is 0 Å². The Bertz CT molecular complexity index is 921. The fraction of sp³-hybridized carbons (Fsp3) is 0.200. The second kappa shape index (κ2) is 7.98. The lowest BCUT2D eigenvalue weighted by molar-refractivity contribution is -0.115. The number of carbonyl (C=O) groups excluding carboxylic acids is 1. The summed E-state index contributed by atoms with van der Waals surface area (Å²) in [4.78, 5) is 16.9. The minimum Gasteiger partial charge on any atom is -0.325 e. The smallest absolute Gasteiger partial charge is 0.237 e. The first-order chi connectivity index (χ1) is 12.4. The molecule has 1 aromatic heterocycles. The van der Waals surface area contributed by atoms with Crippen LogP contribution in [0.1, 0.15) is 18.1 Å². The summed E-state index contributed by atoms with van der Waals surface area (Å²) in [6, 6.07) is 13.4. The van der Waals surface area contributed by atoms with Gasteiger partial charge in [0.05, 0.1) is 10.9 Å². The Hall–Kier alpha value is -2.24. The Morgan fingerprint density at radius 2 is 1.92 bits per heavy atom. The van der Waals surface area contributed by atoms with Gasteiger partial charge in [-0.15, -0.1) is 0 Å². The minimum absolute atomic E-state index is 0.0764. The number of anilines is 1. The molecule has 1 unspecified atom stereocenters. The molecule has 1 N–H and O–H groups in total. The molecule has 0 fully saturated rings. The van der Waals surface area contributed by atoms with E-state index in [1.165, 1.54) is 22.9 Å².